The molecule has 94 valence electrons. The molecule has 0 aromatic carbocycles. The lowest BCUT2D eigenvalue weighted by atomic mass is 10.2. The molecule has 0 aliphatic carbocycles. The number of aliphatic hydroxyl groups excluding tert-OH is 1. The summed E-state index contributed by atoms with van der Waals surface area (Å²) in [6, 6.07) is 0. The van der Waals surface area contributed by atoms with Crippen LogP contribution in [0.5, 0.6) is 0 Å². The molecule has 0 radical (unpaired) electrons. The Morgan fingerprint density at radius 2 is 2.47 bits per heavy atom. The van der Waals surface area contributed by atoms with E-state index in [-0.39, 0.29) is 6.61 Å². The Balaban J connectivity index is 2.15. The Labute approximate surface area is 99.6 Å². The van der Waals surface area contributed by atoms with Gasteiger partial charge in [-0.1, -0.05) is 0 Å². The molecule has 1 aromatic heterocycles. The van der Waals surface area contributed by atoms with E-state index in [2.05, 4.69) is 10.3 Å². The topological polar surface area (TPSA) is 76.4 Å². The zero-order valence-corrected chi connectivity index (χ0v) is 10.1. The fourth-order valence-electron chi connectivity index (χ4n) is 1.90. The smallest absolute Gasteiger partial charge is 0.374 e. The molecular weight excluding hydrogens is 222 g/mol. The second-order valence-electron chi connectivity index (χ2n) is 4.26. The third-order valence-corrected chi connectivity index (χ3v) is 2.77. The Kier molecular flexibility index (Phi) is 3.44. The molecule has 0 saturated heterocycles. The minimum atomic E-state index is -0.657. The predicted octanol–water partition coefficient (Wildman–Crippen LogP) is -0.397. The number of aliphatic hydroxyl groups is 1. The van der Waals surface area contributed by atoms with Crippen LogP contribution in [0.25, 0.3) is 0 Å². The van der Waals surface area contributed by atoms with Crippen molar-refractivity contribution in [3.8, 4) is 0 Å². The molecule has 1 aliphatic rings. The third-order valence-electron chi connectivity index (χ3n) is 2.77. The van der Waals surface area contributed by atoms with E-state index in [4.69, 9.17) is 9.84 Å². The zero-order chi connectivity index (χ0) is 12.4. The van der Waals surface area contributed by atoms with Crippen molar-refractivity contribution in [3.63, 3.8) is 0 Å². The number of hydrogen-bond acceptors (Lipinski definition) is 5. The van der Waals surface area contributed by atoms with Gasteiger partial charge in [-0.2, -0.15) is 0 Å². The number of aromatic nitrogens is 2. The van der Waals surface area contributed by atoms with E-state index in [0.717, 1.165) is 24.4 Å². The maximum absolute atomic E-state index is 11.8. The lowest BCUT2D eigenvalue weighted by molar-refractivity contribution is 0.0280. The van der Waals surface area contributed by atoms with E-state index in [1.165, 1.54) is 0 Å². The lowest BCUT2D eigenvalue weighted by Gasteiger charge is -2.12. The van der Waals surface area contributed by atoms with Gasteiger partial charge in [0, 0.05) is 32.3 Å². The number of carbonyl (C=O) groups is 1. The maximum Gasteiger partial charge on any atom is 0.374 e. The molecule has 0 fully saturated rings. The van der Waals surface area contributed by atoms with Crippen LogP contribution in [0.15, 0.2) is 0 Å². The largest absolute Gasteiger partial charge is 0.457 e. The van der Waals surface area contributed by atoms with Crippen molar-refractivity contribution < 1.29 is 14.6 Å². The highest BCUT2D eigenvalue weighted by Gasteiger charge is 2.22. The van der Waals surface area contributed by atoms with Gasteiger partial charge in [0.2, 0.25) is 5.82 Å². The molecule has 1 atom stereocenters. The summed E-state index contributed by atoms with van der Waals surface area (Å²) >= 11 is 0. The summed E-state index contributed by atoms with van der Waals surface area (Å²) in [6.07, 6.45) is 0.207. The van der Waals surface area contributed by atoms with Crippen LogP contribution < -0.4 is 5.32 Å². The van der Waals surface area contributed by atoms with E-state index in [9.17, 15) is 4.79 Å². The third kappa shape index (κ3) is 2.48. The van der Waals surface area contributed by atoms with Crippen LogP contribution in [0.2, 0.25) is 0 Å². The van der Waals surface area contributed by atoms with Gasteiger partial charge < -0.3 is 19.7 Å². The monoisotopic (exact) mass is 239 g/mol. The van der Waals surface area contributed by atoms with Crippen molar-refractivity contribution in [2.45, 2.75) is 26.0 Å². The van der Waals surface area contributed by atoms with Gasteiger partial charge in [-0.25, -0.2) is 9.78 Å². The lowest BCUT2D eigenvalue weighted by Crippen LogP contribution is -2.24. The molecule has 0 spiro atoms. The number of carbonyl (C=O) groups excluding carboxylic acids is 1. The van der Waals surface area contributed by atoms with Crippen molar-refractivity contribution in [2.75, 3.05) is 13.2 Å². The molecule has 6 nitrogen and oxygen atoms in total. The van der Waals surface area contributed by atoms with E-state index >= 15 is 0 Å². The molecule has 1 aliphatic heterocycles. The van der Waals surface area contributed by atoms with E-state index in [0.29, 0.717) is 12.4 Å². The van der Waals surface area contributed by atoms with E-state index < -0.39 is 12.1 Å². The predicted molar refractivity (Wildman–Crippen MR) is 60.6 cm³/mol. The maximum atomic E-state index is 11.8. The fourth-order valence-corrected chi connectivity index (χ4v) is 1.90. The van der Waals surface area contributed by atoms with Crippen LogP contribution in [-0.2, 0) is 24.8 Å². The minimum absolute atomic E-state index is 0.00535. The number of hydrogen-bond donors (Lipinski definition) is 2. The van der Waals surface area contributed by atoms with Gasteiger partial charge in [0.05, 0.1) is 11.8 Å². The second kappa shape index (κ2) is 4.85. The van der Waals surface area contributed by atoms with Gasteiger partial charge in [0.25, 0.3) is 0 Å². The van der Waals surface area contributed by atoms with Crippen LogP contribution in [0, 0.1) is 0 Å². The highest BCUT2D eigenvalue weighted by Crippen LogP contribution is 2.15. The van der Waals surface area contributed by atoms with Gasteiger partial charge in [-0.3, -0.25) is 0 Å². The number of imidazole rings is 1. The number of rotatable bonds is 3. The molecule has 1 aromatic rings. The first-order valence-electron chi connectivity index (χ1n) is 5.70. The summed E-state index contributed by atoms with van der Waals surface area (Å²) in [4.78, 5) is 16.0. The molecule has 17 heavy (non-hydrogen) atoms. The fraction of sp³-hybridized carbons (Fsp3) is 0.636. The standard InChI is InChI=1S/C11H17N3O3/c1-7(15)6-17-11(16)10-13-8-5-12-4-3-9(8)14(10)2/h7,12,15H,3-6H2,1-2H3. The highest BCUT2D eigenvalue weighted by molar-refractivity contribution is 5.85. The number of fused-ring (bicyclic) bond motifs is 1. The highest BCUT2D eigenvalue weighted by atomic mass is 16.5. The normalized spacial score (nSPS) is 16.4. The number of nitrogens with zero attached hydrogens (tertiary/aromatic N) is 2. The average Bonchev–Trinajstić information content (AvgIpc) is 2.64. The van der Waals surface area contributed by atoms with E-state index in [1.54, 1.807) is 11.5 Å². The molecule has 1 unspecified atom stereocenters. The summed E-state index contributed by atoms with van der Waals surface area (Å²) in [6.45, 7) is 3.15. The summed E-state index contributed by atoms with van der Waals surface area (Å²) in [5.74, 6) is -0.179. The van der Waals surface area contributed by atoms with Crippen LogP contribution in [0.3, 0.4) is 0 Å². The van der Waals surface area contributed by atoms with Gasteiger partial charge in [-0.15, -0.1) is 0 Å². The minimum Gasteiger partial charge on any atom is -0.457 e. The summed E-state index contributed by atoms with van der Waals surface area (Å²) < 4.78 is 6.73. The Morgan fingerprint density at radius 1 is 1.71 bits per heavy atom. The molecular formula is C11H17N3O3. The molecule has 0 bridgehead atoms. The number of esters is 1. The van der Waals surface area contributed by atoms with Gasteiger partial charge >= 0.3 is 5.97 Å². The van der Waals surface area contributed by atoms with Crippen LogP contribution in [-0.4, -0.2) is 39.9 Å². The summed E-state index contributed by atoms with van der Waals surface area (Å²) in [5.41, 5.74) is 1.98. The zero-order valence-electron chi connectivity index (χ0n) is 10.1. The number of ether oxygens (including phenoxy) is 1. The van der Waals surface area contributed by atoms with Crippen LogP contribution in [0.1, 0.15) is 28.9 Å². The summed E-state index contributed by atoms with van der Waals surface area (Å²) in [5, 5.41) is 12.3. The molecule has 6 heteroatoms. The Morgan fingerprint density at radius 3 is 3.12 bits per heavy atom. The molecule has 2 heterocycles. The van der Waals surface area contributed by atoms with Crippen molar-refractivity contribution in [3.05, 3.63) is 17.2 Å². The van der Waals surface area contributed by atoms with Crippen molar-refractivity contribution in [2.24, 2.45) is 7.05 Å². The quantitative estimate of drug-likeness (QED) is 0.702. The van der Waals surface area contributed by atoms with Crippen LogP contribution >= 0.6 is 0 Å². The molecule has 2 N–H and O–H groups in total. The first-order valence-corrected chi connectivity index (χ1v) is 5.70. The average molecular weight is 239 g/mol. The first kappa shape index (κ1) is 12.1. The second-order valence-corrected chi connectivity index (χ2v) is 4.26. The van der Waals surface area contributed by atoms with Gasteiger partial charge in [0.1, 0.15) is 6.61 Å². The molecule has 2 rings (SSSR count). The summed E-state index contributed by atoms with van der Waals surface area (Å²) in [7, 11) is 1.82. The molecule has 0 amide bonds. The van der Waals surface area contributed by atoms with Gasteiger partial charge in [-0.05, 0) is 6.92 Å². The van der Waals surface area contributed by atoms with Crippen molar-refractivity contribution in [1.29, 1.82) is 0 Å². The Hall–Kier alpha value is -1.40. The SMILES string of the molecule is CC(O)COC(=O)c1nc2c(n1C)CCNC2. The van der Waals surface area contributed by atoms with E-state index in [1.807, 2.05) is 7.05 Å². The van der Waals surface area contributed by atoms with Crippen molar-refractivity contribution >= 4 is 5.97 Å². The first-order chi connectivity index (χ1) is 8.09. The van der Waals surface area contributed by atoms with Gasteiger partial charge in [0.15, 0.2) is 0 Å². The number of nitrogens with one attached hydrogen (secondary N) is 1. The van der Waals surface area contributed by atoms with Crippen molar-refractivity contribution in [1.82, 2.24) is 14.9 Å². The Bertz CT molecular complexity index is 426. The van der Waals surface area contributed by atoms with Crippen LogP contribution in [0.4, 0.5) is 0 Å². The molecule has 0 saturated carbocycles.